The molecule has 0 bridgehead atoms. The van der Waals surface area contributed by atoms with Crippen molar-refractivity contribution in [2.24, 2.45) is 5.73 Å². The Labute approximate surface area is 83.5 Å². The van der Waals surface area contributed by atoms with Crippen LogP contribution < -0.4 is 5.73 Å². The molecule has 1 aliphatic rings. The summed E-state index contributed by atoms with van der Waals surface area (Å²) in [5.41, 5.74) is 7.35. The maximum absolute atomic E-state index is 13.2. The maximum Gasteiger partial charge on any atom is 0.126 e. The van der Waals surface area contributed by atoms with E-state index in [4.69, 9.17) is 5.73 Å². The molecular formula is C10H13ClFN. The van der Waals surface area contributed by atoms with Crippen molar-refractivity contribution in [2.75, 3.05) is 0 Å². The highest BCUT2D eigenvalue weighted by atomic mass is 35.5. The van der Waals surface area contributed by atoms with Gasteiger partial charge in [-0.05, 0) is 36.0 Å². The minimum atomic E-state index is -0.0744. The predicted molar refractivity (Wildman–Crippen MR) is 53.5 cm³/mol. The van der Waals surface area contributed by atoms with Gasteiger partial charge in [-0.2, -0.15) is 0 Å². The summed E-state index contributed by atoms with van der Waals surface area (Å²) in [7, 11) is 0. The highest BCUT2D eigenvalue weighted by Gasteiger charge is 2.26. The third-order valence-electron chi connectivity index (χ3n) is 2.31. The van der Waals surface area contributed by atoms with Gasteiger partial charge in [-0.1, -0.05) is 12.1 Å². The lowest BCUT2D eigenvalue weighted by molar-refractivity contribution is 0.610. The van der Waals surface area contributed by atoms with Crippen molar-refractivity contribution in [1.29, 1.82) is 0 Å². The van der Waals surface area contributed by atoms with E-state index in [1.54, 1.807) is 6.07 Å². The van der Waals surface area contributed by atoms with Gasteiger partial charge < -0.3 is 5.73 Å². The van der Waals surface area contributed by atoms with Gasteiger partial charge in [0.2, 0.25) is 0 Å². The molecule has 13 heavy (non-hydrogen) atoms. The van der Waals surface area contributed by atoms with Crippen LogP contribution in [0.5, 0.6) is 0 Å². The van der Waals surface area contributed by atoms with Crippen LogP contribution in [0, 0.1) is 5.82 Å². The summed E-state index contributed by atoms with van der Waals surface area (Å²) in [4.78, 5) is 0. The molecule has 0 aliphatic heterocycles. The average molecular weight is 202 g/mol. The minimum Gasteiger partial charge on any atom is -0.326 e. The highest BCUT2D eigenvalue weighted by Crippen LogP contribution is 2.41. The molecule has 0 atom stereocenters. The second-order valence-corrected chi connectivity index (χ2v) is 3.33. The first-order valence-corrected chi connectivity index (χ1v) is 4.29. The summed E-state index contributed by atoms with van der Waals surface area (Å²) < 4.78 is 13.2. The van der Waals surface area contributed by atoms with Crippen molar-refractivity contribution in [2.45, 2.75) is 25.3 Å². The smallest absolute Gasteiger partial charge is 0.126 e. The molecule has 0 unspecified atom stereocenters. The molecule has 0 saturated heterocycles. The first kappa shape index (κ1) is 10.5. The van der Waals surface area contributed by atoms with Crippen LogP contribution in [-0.2, 0) is 6.54 Å². The molecule has 0 heterocycles. The summed E-state index contributed by atoms with van der Waals surface area (Å²) in [6.45, 7) is 0.500. The Morgan fingerprint density at radius 1 is 1.38 bits per heavy atom. The second kappa shape index (κ2) is 4.07. The molecule has 1 aromatic carbocycles. The molecule has 0 spiro atoms. The average Bonchev–Trinajstić information content (AvgIpc) is 2.88. The molecule has 1 fully saturated rings. The van der Waals surface area contributed by atoms with E-state index in [2.05, 4.69) is 0 Å². The zero-order valence-electron chi connectivity index (χ0n) is 7.29. The van der Waals surface area contributed by atoms with Crippen molar-refractivity contribution >= 4 is 12.4 Å². The van der Waals surface area contributed by atoms with Gasteiger partial charge >= 0.3 is 0 Å². The summed E-state index contributed by atoms with van der Waals surface area (Å²) in [5, 5.41) is 0. The van der Waals surface area contributed by atoms with E-state index in [1.165, 1.54) is 6.07 Å². The summed E-state index contributed by atoms with van der Waals surface area (Å²) in [5.74, 6) is 0.395. The van der Waals surface area contributed by atoms with E-state index in [9.17, 15) is 4.39 Å². The monoisotopic (exact) mass is 201 g/mol. The van der Waals surface area contributed by atoms with Crippen LogP contribution in [-0.4, -0.2) is 0 Å². The fourth-order valence-corrected chi connectivity index (χ4v) is 1.43. The van der Waals surface area contributed by atoms with E-state index >= 15 is 0 Å². The lowest BCUT2D eigenvalue weighted by Crippen LogP contribution is -1.98. The predicted octanol–water partition coefficient (Wildman–Crippen LogP) is 2.58. The molecule has 1 aliphatic carbocycles. The number of hydrogen-bond acceptors (Lipinski definition) is 1. The Morgan fingerprint density at radius 2 is 2.08 bits per heavy atom. The summed E-state index contributed by atoms with van der Waals surface area (Å²) in [6, 6.07) is 5.17. The van der Waals surface area contributed by atoms with Gasteiger partial charge in [-0.15, -0.1) is 12.4 Å². The van der Waals surface area contributed by atoms with Gasteiger partial charge in [0.25, 0.3) is 0 Å². The topological polar surface area (TPSA) is 26.0 Å². The standard InChI is InChI=1S/C10H12FN.ClH/c11-10-4-1-7(6-12)5-9(10)8-2-3-8;/h1,4-5,8H,2-3,6,12H2;1H. The van der Waals surface area contributed by atoms with Crippen molar-refractivity contribution in [3.63, 3.8) is 0 Å². The first-order chi connectivity index (χ1) is 5.81. The number of nitrogens with two attached hydrogens (primary N) is 1. The van der Waals surface area contributed by atoms with Crippen molar-refractivity contribution in [1.82, 2.24) is 0 Å². The van der Waals surface area contributed by atoms with Gasteiger partial charge in [0.15, 0.2) is 0 Å². The quantitative estimate of drug-likeness (QED) is 0.782. The highest BCUT2D eigenvalue weighted by molar-refractivity contribution is 5.85. The molecule has 72 valence electrons. The first-order valence-electron chi connectivity index (χ1n) is 4.29. The number of benzene rings is 1. The van der Waals surface area contributed by atoms with E-state index in [-0.39, 0.29) is 18.2 Å². The van der Waals surface area contributed by atoms with Gasteiger partial charge in [0.1, 0.15) is 5.82 Å². The van der Waals surface area contributed by atoms with Crippen LogP contribution in [0.2, 0.25) is 0 Å². The molecule has 2 N–H and O–H groups in total. The van der Waals surface area contributed by atoms with Crippen molar-refractivity contribution in [3.8, 4) is 0 Å². The molecule has 3 heteroatoms. The normalized spacial score (nSPS) is 15.2. The molecule has 0 amide bonds. The van der Waals surface area contributed by atoms with Gasteiger partial charge in [-0.25, -0.2) is 4.39 Å². The molecule has 1 aromatic rings. The van der Waals surface area contributed by atoms with Gasteiger partial charge in [0.05, 0.1) is 0 Å². The number of rotatable bonds is 2. The van der Waals surface area contributed by atoms with Crippen LogP contribution >= 0.6 is 12.4 Å². The van der Waals surface area contributed by atoms with Crippen LogP contribution in [0.25, 0.3) is 0 Å². The SMILES string of the molecule is Cl.NCc1ccc(F)c(C2CC2)c1. The Bertz CT molecular complexity index is 297. The Kier molecular flexibility index (Phi) is 3.28. The number of halogens is 2. The summed E-state index contributed by atoms with van der Waals surface area (Å²) in [6.07, 6.45) is 2.26. The third-order valence-corrected chi connectivity index (χ3v) is 2.31. The Balaban J connectivity index is 0.000000845. The van der Waals surface area contributed by atoms with Crippen molar-refractivity contribution in [3.05, 3.63) is 35.1 Å². The van der Waals surface area contributed by atoms with E-state index in [0.717, 1.165) is 24.0 Å². The molecule has 1 saturated carbocycles. The van der Waals surface area contributed by atoms with Gasteiger partial charge in [0, 0.05) is 6.54 Å². The van der Waals surface area contributed by atoms with Crippen LogP contribution in [0.3, 0.4) is 0 Å². The Hall–Kier alpha value is -0.600. The zero-order valence-corrected chi connectivity index (χ0v) is 8.11. The second-order valence-electron chi connectivity index (χ2n) is 3.33. The lowest BCUT2D eigenvalue weighted by atomic mass is 10.1. The van der Waals surface area contributed by atoms with Crippen LogP contribution in [0.15, 0.2) is 18.2 Å². The Morgan fingerprint density at radius 3 is 2.62 bits per heavy atom. The molecule has 0 radical (unpaired) electrons. The molecule has 1 nitrogen and oxygen atoms in total. The molecule has 0 aromatic heterocycles. The maximum atomic E-state index is 13.2. The van der Waals surface area contributed by atoms with Crippen molar-refractivity contribution < 1.29 is 4.39 Å². The van der Waals surface area contributed by atoms with Crippen LogP contribution in [0.1, 0.15) is 29.9 Å². The third kappa shape index (κ3) is 2.20. The van der Waals surface area contributed by atoms with E-state index in [0.29, 0.717) is 12.5 Å². The van der Waals surface area contributed by atoms with E-state index < -0.39 is 0 Å². The molecular weight excluding hydrogens is 189 g/mol. The molecule has 2 rings (SSSR count). The largest absolute Gasteiger partial charge is 0.326 e. The fourth-order valence-electron chi connectivity index (χ4n) is 1.43. The zero-order chi connectivity index (χ0) is 8.55. The lowest BCUT2D eigenvalue weighted by Gasteiger charge is -2.02. The minimum absolute atomic E-state index is 0. The fraction of sp³-hybridized carbons (Fsp3) is 0.400. The van der Waals surface area contributed by atoms with E-state index in [1.807, 2.05) is 6.07 Å². The van der Waals surface area contributed by atoms with Crippen LogP contribution in [0.4, 0.5) is 4.39 Å². The number of hydrogen-bond donors (Lipinski definition) is 1. The van der Waals surface area contributed by atoms with Gasteiger partial charge in [-0.3, -0.25) is 0 Å². The summed E-state index contributed by atoms with van der Waals surface area (Å²) >= 11 is 0.